The van der Waals surface area contributed by atoms with E-state index in [0.717, 1.165) is 30.3 Å². The number of hydrogen-bond donors (Lipinski definition) is 1. The van der Waals surface area contributed by atoms with E-state index in [9.17, 15) is 0 Å². The van der Waals surface area contributed by atoms with Gasteiger partial charge in [0.2, 0.25) is 0 Å². The second-order valence-electron chi connectivity index (χ2n) is 4.45. The van der Waals surface area contributed by atoms with Gasteiger partial charge in [-0.2, -0.15) is 11.8 Å². The zero-order chi connectivity index (χ0) is 10.9. The summed E-state index contributed by atoms with van der Waals surface area (Å²) in [5.74, 6) is 2.08. The number of aromatic nitrogens is 1. The van der Waals surface area contributed by atoms with E-state index >= 15 is 0 Å². The fraction of sp³-hybridized carbons (Fsp3) is 0.545. The predicted octanol–water partition coefficient (Wildman–Crippen LogP) is 2.00. The van der Waals surface area contributed by atoms with Gasteiger partial charge in [-0.1, -0.05) is 0 Å². The number of nitrogens with two attached hydrogens (primary N) is 1. The number of thioether (sulfide) groups is 1. The van der Waals surface area contributed by atoms with Crippen LogP contribution in [0.3, 0.4) is 0 Å². The van der Waals surface area contributed by atoms with E-state index in [4.69, 9.17) is 5.73 Å². The van der Waals surface area contributed by atoms with Gasteiger partial charge in [-0.25, -0.2) is 4.98 Å². The highest BCUT2D eigenvalue weighted by Crippen LogP contribution is 2.32. The fourth-order valence-electron chi connectivity index (χ4n) is 1.87. The Hall–Kier alpha value is -0.900. The van der Waals surface area contributed by atoms with Crippen molar-refractivity contribution in [1.82, 2.24) is 4.98 Å². The summed E-state index contributed by atoms with van der Waals surface area (Å²) >= 11 is 2.01. The van der Waals surface area contributed by atoms with Crippen LogP contribution in [-0.2, 0) is 0 Å². The van der Waals surface area contributed by atoms with E-state index in [1.54, 1.807) is 6.20 Å². The molecule has 0 bridgehead atoms. The molecule has 15 heavy (non-hydrogen) atoms. The minimum absolute atomic E-state index is 0.294. The van der Waals surface area contributed by atoms with Crippen molar-refractivity contribution < 1.29 is 0 Å². The molecule has 0 aliphatic carbocycles. The van der Waals surface area contributed by atoms with Crippen molar-refractivity contribution in [3.63, 3.8) is 0 Å². The minimum Gasteiger partial charge on any atom is -0.396 e. The molecule has 1 aromatic rings. The van der Waals surface area contributed by atoms with Crippen molar-refractivity contribution in [2.45, 2.75) is 18.6 Å². The van der Waals surface area contributed by atoms with Crippen LogP contribution in [0.4, 0.5) is 11.5 Å². The van der Waals surface area contributed by atoms with Gasteiger partial charge in [0.1, 0.15) is 0 Å². The summed E-state index contributed by atoms with van der Waals surface area (Å²) in [5.41, 5.74) is 6.71. The summed E-state index contributed by atoms with van der Waals surface area (Å²) in [4.78, 5) is 6.64. The van der Waals surface area contributed by atoms with Crippen molar-refractivity contribution in [2.75, 3.05) is 29.5 Å². The van der Waals surface area contributed by atoms with Gasteiger partial charge in [0, 0.05) is 29.8 Å². The van der Waals surface area contributed by atoms with Gasteiger partial charge in [0.25, 0.3) is 0 Å². The van der Waals surface area contributed by atoms with E-state index in [0.29, 0.717) is 4.75 Å². The highest BCUT2D eigenvalue weighted by Gasteiger charge is 2.28. The Morgan fingerprint density at radius 1 is 1.53 bits per heavy atom. The standard InChI is InChI=1S/C11H17N3S/c1-11(2)8-14(6-7-15-11)10-9(12)4-3-5-13-10/h3-5H,6-8,12H2,1-2H3. The molecule has 2 heterocycles. The molecule has 2 rings (SSSR count). The molecule has 3 nitrogen and oxygen atoms in total. The number of nitrogen functional groups attached to an aromatic ring is 1. The molecule has 0 saturated carbocycles. The largest absolute Gasteiger partial charge is 0.396 e. The van der Waals surface area contributed by atoms with E-state index in [-0.39, 0.29) is 0 Å². The Morgan fingerprint density at radius 3 is 3.00 bits per heavy atom. The molecule has 4 heteroatoms. The number of nitrogens with zero attached hydrogens (tertiary/aromatic N) is 2. The van der Waals surface area contributed by atoms with Crippen LogP contribution in [0.1, 0.15) is 13.8 Å². The second-order valence-corrected chi connectivity index (χ2v) is 6.25. The maximum atomic E-state index is 5.93. The summed E-state index contributed by atoms with van der Waals surface area (Å²) in [6.45, 7) is 6.58. The molecule has 0 spiro atoms. The van der Waals surface area contributed by atoms with Crippen molar-refractivity contribution in [2.24, 2.45) is 0 Å². The first-order chi connectivity index (χ1) is 7.08. The lowest BCUT2D eigenvalue weighted by Crippen LogP contribution is -2.43. The highest BCUT2D eigenvalue weighted by atomic mass is 32.2. The van der Waals surface area contributed by atoms with Gasteiger partial charge in [-0.05, 0) is 26.0 Å². The van der Waals surface area contributed by atoms with Crippen LogP contribution in [0.15, 0.2) is 18.3 Å². The number of anilines is 2. The van der Waals surface area contributed by atoms with Crippen LogP contribution < -0.4 is 10.6 Å². The van der Waals surface area contributed by atoms with Crippen molar-refractivity contribution in [3.8, 4) is 0 Å². The molecule has 0 aromatic carbocycles. The smallest absolute Gasteiger partial charge is 0.151 e. The van der Waals surface area contributed by atoms with Crippen molar-refractivity contribution >= 4 is 23.3 Å². The molecule has 1 fully saturated rings. The van der Waals surface area contributed by atoms with Gasteiger partial charge in [-0.3, -0.25) is 0 Å². The Morgan fingerprint density at radius 2 is 2.33 bits per heavy atom. The van der Waals surface area contributed by atoms with Crippen LogP contribution >= 0.6 is 11.8 Å². The van der Waals surface area contributed by atoms with Crippen molar-refractivity contribution in [3.05, 3.63) is 18.3 Å². The Bertz CT molecular complexity index is 351. The summed E-state index contributed by atoms with van der Waals surface area (Å²) in [5, 5.41) is 0. The summed E-state index contributed by atoms with van der Waals surface area (Å²) in [6, 6.07) is 3.79. The molecule has 1 aromatic heterocycles. The van der Waals surface area contributed by atoms with Crippen LogP contribution in [0, 0.1) is 0 Å². The number of pyridine rings is 1. The Kier molecular flexibility index (Phi) is 2.78. The maximum absolute atomic E-state index is 5.93. The van der Waals surface area contributed by atoms with Crippen LogP contribution in [0.5, 0.6) is 0 Å². The van der Waals surface area contributed by atoms with E-state index in [2.05, 4.69) is 23.7 Å². The van der Waals surface area contributed by atoms with Crippen LogP contribution in [-0.4, -0.2) is 28.6 Å². The molecular weight excluding hydrogens is 206 g/mol. The number of rotatable bonds is 1. The molecule has 2 N–H and O–H groups in total. The molecule has 0 amide bonds. The third-order valence-corrected chi connectivity index (χ3v) is 3.84. The molecule has 1 aliphatic heterocycles. The molecule has 0 radical (unpaired) electrons. The molecule has 1 saturated heterocycles. The van der Waals surface area contributed by atoms with E-state index < -0.39 is 0 Å². The molecule has 1 aliphatic rings. The molecular formula is C11H17N3S. The normalized spacial score (nSPS) is 20.3. The Balaban J connectivity index is 2.21. The highest BCUT2D eigenvalue weighted by molar-refractivity contribution is 8.00. The lowest BCUT2D eigenvalue weighted by Gasteiger charge is -2.38. The second kappa shape index (κ2) is 3.93. The van der Waals surface area contributed by atoms with Crippen LogP contribution in [0.25, 0.3) is 0 Å². The summed E-state index contributed by atoms with van der Waals surface area (Å²) < 4.78 is 0.294. The average Bonchev–Trinajstić information content (AvgIpc) is 2.17. The maximum Gasteiger partial charge on any atom is 0.151 e. The quantitative estimate of drug-likeness (QED) is 0.790. The van der Waals surface area contributed by atoms with Crippen LogP contribution in [0.2, 0.25) is 0 Å². The third-order valence-electron chi connectivity index (χ3n) is 2.54. The Labute approximate surface area is 95.1 Å². The monoisotopic (exact) mass is 223 g/mol. The fourth-order valence-corrected chi connectivity index (χ4v) is 2.98. The van der Waals surface area contributed by atoms with E-state index in [1.165, 1.54) is 0 Å². The minimum atomic E-state index is 0.294. The first-order valence-corrected chi connectivity index (χ1v) is 6.16. The van der Waals surface area contributed by atoms with Gasteiger partial charge >= 0.3 is 0 Å². The first kappa shape index (κ1) is 10.6. The zero-order valence-corrected chi connectivity index (χ0v) is 10.0. The molecule has 82 valence electrons. The van der Waals surface area contributed by atoms with Gasteiger partial charge in [-0.15, -0.1) is 0 Å². The van der Waals surface area contributed by atoms with Gasteiger partial charge in [0.15, 0.2) is 5.82 Å². The topological polar surface area (TPSA) is 42.2 Å². The lowest BCUT2D eigenvalue weighted by molar-refractivity contribution is 0.643. The van der Waals surface area contributed by atoms with Gasteiger partial charge in [0.05, 0.1) is 5.69 Å². The summed E-state index contributed by atoms with van der Waals surface area (Å²) in [6.07, 6.45) is 1.81. The lowest BCUT2D eigenvalue weighted by atomic mass is 10.2. The first-order valence-electron chi connectivity index (χ1n) is 5.18. The average molecular weight is 223 g/mol. The van der Waals surface area contributed by atoms with E-state index in [1.807, 2.05) is 23.9 Å². The summed E-state index contributed by atoms with van der Waals surface area (Å²) in [7, 11) is 0. The SMILES string of the molecule is CC1(C)CN(c2ncccc2N)CCS1. The molecule has 0 atom stereocenters. The third kappa shape index (κ3) is 2.37. The molecule has 0 unspecified atom stereocenters. The van der Waals surface area contributed by atoms with Crippen molar-refractivity contribution in [1.29, 1.82) is 0 Å². The number of hydrogen-bond acceptors (Lipinski definition) is 4. The predicted molar refractivity (Wildman–Crippen MR) is 67.4 cm³/mol. The zero-order valence-electron chi connectivity index (χ0n) is 9.23. The van der Waals surface area contributed by atoms with Gasteiger partial charge < -0.3 is 10.6 Å².